The summed E-state index contributed by atoms with van der Waals surface area (Å²) in [6, 6.07) is 15.9. The van der Waals surface area contributed by atoms with E-state index in [1.165, 1.54) is 8.99 Å². The van der Waals surface area contributed by atoms with Crippen LogP contribution in [0.1, 0.15) is 24.1 Å². The molecule has 1 amide bonds. The summed E-state index contributed by atoms with van der Waals surface area (Å²) in [6.45, 7) is 2.20. The Kier molecular flexibility index (Phi) is 6.97. The lowest BCUT2D eigenvalue weighted by Crippen LogP contribution is -2.44. The van der Waals surface area contributed by atoms with Gasteiger partial charge in [0.1, 0.15) is 5.69 Å². The average molecular weight is 503 g/mol. The molecule has 0 radical (unpaired) electrons. The predicted octanol–water partition coefficient (Wildman–Crippen LogP) is 3.32. The fourth-order valence-corrected chi connectivity index (χ4v) is 6.09. The molecule has 1 aromatic heterocycles. The summed E-state index contributed by atoms with van der Waals surface area (Å²) < 4.78 is 30.5. The van der Waals surface area contributed by atoms with Crippen LogP contribution in [0.3, 0.4) is 0 Å². The number of nitrogens with one attached hydrogen (secondary N) is 1. The molecule has 0 saturated carbocycles. The van der Waals surface area contributed by atoms with Gasteiger partial charge in [0, 0.05) is 25.2 Å². The summed E-state index contributed by atoms with van der Waals surface area (Å²) >= 11 is 5.99. The van der Waals surface area contributed by atoms with Gasteiger partial charge in [0.2, 0.25) is 15.9 Å². The molecule has 0 bridgehead atoms. The number of sulfonamides is 1. The molecular weight excluding hydrogens is 476 g/mol. The van der Waals surface area contributed by atoms with E-state index >= 15 is 0 Å². The highest BCUT2D eigenvalue weighted by Gasteiger charge is 2.33. The van der Waals surface area contributed by atoms with E-state index in [9.17, 15) is 18.0 Å². The van der Waals surface area contributed by atoms with Crippen molar-refractivity contribution in [3.63, 3.8) is 0 Å². The van der Waals surface area contributed by atoms with Gasteiger partial charge in [-0.05, 0) is 49.6 Å². The zero-order valence-corrected chi connectivity index (χ0v) is 20.6. The summed E-state index contributed by atoms with van der Waals surface area (Å²) in [4.78, 5) is 26.2. The number of hydrogen-bond acceptors (Lipinski definition) is 4. The first-order chi connectivity index (χ1) is 16.2. The van der Waals surface area contributed by atoms with Crippen molar-refractivity contribution in [2.24, 2.45) is 13.0 Å². The predicted molar refractivity (Wildman–Crippen MR) is 133 cm³/mol. The molecule has 34 heavy (non-hydrogen) atoms. The van der Waals surface area contributed by atoms with Gasteiger partial charge in [0.05, 0.1) is 23.1 Å². The van der Waals surface area contributed by atoms with Crippen LogP contribution in [0.15, 0.2) is 59.4 Å². The van der Waals surface area contributed by atoms with Gasteiger partial charge in [-0.2, -0.15) is 0 Å². The van der Waals surface area contributed by atoms with E-state index in [1.807, 2.05) is 30.3 Å². The molecule has 0 spiro atoms. The second kappa shape index (κ2) is 9.77. The second-order valence-corrected chi connectivity index (χ2v) is 10.9. The molecule has 1 saturated heterocycles. The van der Waals surface area contributed by atoms with E-state index in [0.29, 0.717) is 41.4 Å². The van der Waals surface area contributed by atoms with Crippen LogP contribution >= 0.6 is 11.6 Å². The first kappa shape index (κ1) is 24.3. The Bertz CT molecular complexity index is 1370. The number of rotatable bonds is 6. The van der Waals surface area contributed by atoms with Crippen molar-refractivity contribution < 1.29 is 13.2 Å². The minimum absolute atomic E-state index is 0.0769. The first-order valence-corrected chi connectivity index (χ1v) is 13.0. The molecule has 0 aliphatic carbocycles. The topological polar surface area (TPSA) is 93.4 Å². The molecule has 1 N–H and O–H groups in total. The Morgan fingerprint density at radius 2 is 1.88 bits per heavy atom. The number of hydrogen-bond donors (Lipinski definition) is 1. The molecular formula is C24H27ClN4O4S. The van der Waals surface area contributed by atoms with Crippen LogP contribution < -0.4 is 10.9 Å². The average Bonchev–Trinajstić information content (AvgIpc) is 3.02. The summed E-state index contributed by atoms with van der Waals surface area (Å²) in [5.74, 6) is -1.08. The quantitative estimate of drug-likeness (QED) is 0.559. The third kappa shape index (κ3) is 4.96. The lowest BCUT2D eigenvalue weighted by molar-refractivity contribution is -0.120. The number of carbonyl (C=O) groups excluding carboxylic acids is 1. The van der Waals surface area contributed by atoms with Crippen LogP contribution in [0, 0.1) is 12.8 Å². The van der Waals surface area contributed by atoms with Crippen LogP contribution in [0.4, 0.5) is 5.69 Å². The number of aromatic nitrogens is 2. The minimum atomic E-state index is -3.62. The van der Waals surface area contributed by atoms with E-state index in [2.05, 4.69) is 5.32 Å². The van der Waals surface area contributed by atoms with Crippen molar-refractivity contribution in [2.75, 3.05) is 18.4 Å². The van der Waals surface area contributed by atoms with Gasteiger partial charge in [0.15, 0.2) is 0 Å². The third-order valence-corrected chi connectivity index (χ3v) is 8.24. The lowest BCUT2D eigenvalue weighted by atomic mass is 9.99. The number of halogens is 1. The maximum Gasteiger partial charge on any atom is 0.295 e. The fraction of sp³-hybridized carbons (Fsp3) is 0.333. The molecule has 1 aliphatic heterocycles. The number of para-hydroxylation sites is 1. The fourth-order valence-electron chi connectivity index (χ4n) is 4.28. The molecule has 3 aromatic rings. The molecule has 1 atom stereocenters. The van der Waals surface area contributed by atoms with Crippen molar-refractivity contribution >= 4 is 33.2 Å². The molecule has 2 heterocycles. The number of piperidine rings is 1. The van der Waals surface area contributed by atoms with E-state index in [-0.39, 0.29) is 29.5 Å². The number of benzene rings is 2. The van der Waals surface area contributed by atoms with Gasteiger partial charge in [0.25, 0.3) is 5.56 Å². The number of carbonyl (C=O) groups is 1. The van der Waals surface area contributed by atoms with Crippen LogP contribution in [-0.4, -0.2) is 41.1 Å². The van der Waals surface area contributed by atoms with Gasteiger partial charge in [-0.15, -0.1) is 0 Å². The highest BCUT2D eigenvalue weighted by Crippen LogP contribution is 2.24. The zero-order valence-electron chi connectivity index (χ0n) is 19.1. The second-order valence-electron chi connectivity index (χ2n) is 8.51. The van der Waals surface area contributed by atoms with Crippen molar-refractivity contribution in [2.45, 2.75) is 25.5 Å². The molecule has 2 aromatic carbocycles. The van der Waals surface area contributed by atoms with Crippen LogP contribution in [-0.2, 0) is 27.6 Å². The molecule has 8 nitrogen and oxygen atoms in total. The van der Waals surface area contributed by atoms with Crippen molar-refractivity contribution in [1.82, 2.24) is 13.7 Å². The Morgan fingerprint density at radius 3 is 2.59 bits per heavy atom. The van der Waals surface area contributed by atoms with Crippen LogP contribution in [0.2, 0.25) is 5.02 Å². The monoisotopic (exact) mass is 502 g/mol. The normalized spacial score (nSPS) is 17.0. The number of nitrogens with zero attached hydrogens (tertiary/aromatic N) is 3. The van der Waals surface area contributed by atoms with E-state index in [1.54, 1.807) is 42.9 Å². The summed E-state index contributed by atoms with van der Waals surface area (Å²) in [6.07, 6.45) is 1.11. The van der Waals surface area contributed by atoms with Crippen molar-refractivity contribution in [3.8, 4) is 5.69 Å². The Morgan fingerprint density at radius 1 is 1.15 bits per heavy atom. The molecule has 180 valence electrons. The van der Waals surface area contributed by atoms with Gasteiger partial charge >= 0.3 is 0 Å². The highest BCUT2D eigenvalue weighted by molar-refractivity contribution is 7.88. The van der Waals surface area contributed by atoms with Gasteiger partial charge in [-0.25, -0.2) is 17.4 Å². The number of anilines is 1. The Balaban J connectivity index is 1.51. The maximum atomic E-state index is 13.1. The molecule has 1 aliphatic rings. The van der Waals surface area contributed by atoms with E-state index in [0.717, 1.165) is 0 Å². The Hall–Kier alpha value is -2.88. The smallest absolute Gasteiger partial charge is 0.295 e. The van der Waals surface area contributed by atoms with Crippen molar-refractivity contribution in [3.05, 3.63) is 81.2 Å². The maximum absolute atomic E-state index is 13.1. The third-order valence-electron chi connectivity index (χ3n) is 6.19. The van der Waals surface area contributed by atoms with E-state index in [4.69, 9.17) is 11.6 Å². The standard InChI is InChI=1S/C24H27ClN4O4S/c1-17-22(24(31)29(27(17)2)21-11-4-3-5-12-21)26-23(30)19-9-7-13-28(15-19)34(32,33)16-18-8-6-10-20(25)14-18/h3-6,8,10-12,14,19H,7,9,13,15-16H2,1-2H3,(H,26,30). The SMILES string of the molecule is Cc1c(NC(=O)C2CCCN(S(=O)(=O)Cc3cccc(Cl)c3)C2)c(=O)n(-c2ccccc2)n1C. The minimum Gasteiger partial charge on any atom is -0.320 e. The Labute approximate surface area is 203 Å². The van der Waals surface area contributed by atoms with E-state index < -0.39 is 15.9 Å². The molecule has 10 heteroatoms. The molecule has 4 rings (SSSR count). The molecule has 1 fully saturated rings. The van der Waals surface area contributed by atoms with Crippen molar-refractivity contribution in [1.29, 1.82) is 0 Å². The zero-order chi connectivity index (χ0) is 24.5. The van der Waals surface area contributed by atoms with Gasteiger partial charge in [-0.3, -0.25) is 14.3 Å². The largest absolute Gasteiger partial charge is 0.320 e. The summed E-state index contributed by atoms with van der Waals surface area (Å²) in [5, 5.41) is 3.25. The van der Waals surface area contributed by atoms with Crippen LogP contribution in [0.25, 0.3) is 5.69 Å². The summed E-state index contributed by atoms with van der Waals surface area (Å²) in [7, 11) is -1.87. The highest BCUT2D eigenvalue weighted by atomic mass is 35.5. The van der Waals surface area contributed by atoms with Gasteiger partial charge < -0.3 is 5.32 Å². The molecule has 1 unspecified atom stereocenters. The first-order valence-electron chi connectivity index (χ1n) is 11.0. The van der Waals surface area contributed by atoms with Gasteiger partial charge in [-0.1, -0.05) is 41.9 Å². The summed E-state index contributed by atoms with van der Waals surface area (Å²) in [5.41, 5.74) is 1.77. The lowest BCUT2D eigenvalue weighted by Gasteiger charge is -2.31. The number of amides is 1. The van der Waals surface area contributed by atoms with Crippen LogP contribution in [0.5, 0.6) is 0 Å².